The molecule has 0 rings (SSSR count). The SMILES string of the molecule is CCCCCCCCCCNC(=O)C[N+](C)(CCO)CCC[N+](C)(CCO)CC(=O)NCCCCCCCCCC. The number of likely N-dealkylation sites (N-methyl/N-ethyl adjacent to an activating group) is 2. The van der Waals surface area contributed by atoms with Crippen LogP contribution in [0.2, 0.25) is 0 Å². The minimum absolute atomic E-state index is 0.0335. The number of amides is 2. The molecular formula is C33H70N4O4+2. The lowest BCUT2D eigenvalue weighted by Crippen LogP contribution is -2.56. The average molecular weight is 587 g/mol. The topological polar surface area (TPSA) is 98.7 Å². The van der Waals surface area contributed by atoms with E-state index in [0.29, 0.717) is 48.2 Å². The number of quaternary nitrogens is 2. The molecule has 8 heteroatoms. The van der Waals surface area contributed by atoms with Crippen LogP contribution in [0.4, 0.5) is 0 Å². The van der Waals surface area contributed by atoms with Crippen molar-refractivity contribution < 1.29 is 28.8 Å². The standard InChI is InChI=1S/C33H68N4O4/c1-5-7-9-11-13-15-17-19-22-34-32(40)30-36(3,26-28-38)24-21-25-37(4,27-29-39)31-33(41)35-23-20-18-16-14-12-10-8-6-2/h38-39H,5-31H2,1-4H3/p+2. The third-order valence-electron chi connectivity index (χ3n) is 8.43. The van der Waals surface area contributed by atoms with Gasteiger partial charge in [-0.15, -0.1) is 0 Å². The lowest BCUT2D eigenvalue weighted by molar-refractivity contribution is -0.921. The predicted octanol–water partition coefficient (Wildman–Crippen LogP) is 4.77. The van der Waals surface area contributed by atoms with Gasteiger partial charge in [-0.2, -0.15) is 0 Å². The second-order valence-corrected chi connectivity index (χ2v) is 12.9. The van der Waals surface area contributed by atoms with Gasteiger partial charge < -0.3 is 29.8 Å². The van der Waals surface area contributed by atoms with E-state index in [9.17, 15) is 19.8 Å². The summed E-state index contributed by atoms with van der Waals surface area (Å²) >= 11 is 0. The van der Waals surface area contributed by atoms with Crippen LogP contribution in [0.15, 0.2) is 0 Å². The van der Waals surface area contributed by atoms with E-state index in [4.69, 9.17) is 0 Å². The molecule has 244 valence electrons. The molecule has 0 heterocycles. The van der Waals surface area contributed by atoms with Crippen molar-refractivity contribution in [2.45, 2.75) is 123 Å². The number of rotatable bonds is 30. The largest absolute Gasteiger partial charge is 0.391 e. The number of hydrogen-bond donors (Lipinski definition) is 4. The summed E-state index contributed by atoms with van der Waals surface area (Å²) in [7, 11) is 4.05. The Morgan fingerprint density at radius 2 is 0.805 bits per heavy atom. The Morgan fingerprint density at radius 1 is 0.488 bits per heavy atom. The lowest BCUT2D eigenvalue weighted by Gasteiger charge is -2.37. The molecule has 41 heavy (non-hydrogen) atoms. The van der Waals surface area contributed by atoms with Crippen molar-refractivity contribution in [2.24, 2.45) is 0 Å². The molecule has 0 saturated carbocycles. The highest BCUT2D eigenvalue weighted by atomic mass is 16.3. The smallest absolute Gasteiger partial charge is 0.275 e. The van der Waals surface area contributed by atoms with Crippen LogP contribution in [0.5, 0.6) is 0 Å². The summed E-state index contributed by atoms with van der Waals surface area (Å²) in [5, 5.41) is 25.5. The highest BCUT2D eigenvalue weighted by Gasteiger charge is 2.29. The van der Waals surface area contributed by atoms with Crippen LogP contribution >= 0.6 is 0 Å². The lowest BCUT2D eigenvalue weighted by atomic mass is 10.1. The van der Waals surface area contributed by atoms with Crippen molar-refractivity contribution in [1.82, 2.24) is 10.6 Å². The van der Waals surface area contributed by atoms with Gasteiger partial charge in [-0.25, -0.2) is 0 Å². The van der Waals surface area contributed by atoms with E-state index in [1.165, 1.54) is 77.0 Å². The predicted molar refractivity (Wildman–Crippen MR) is 172 cm³/mol. The van der Waals surface area contributed by atoms with Gasteiger partial charge in [0.05, 0.1) is 40.4 Å². The Kier molecular flexibility index (Phi) is 25.6. The minimum atomic E-state index is 0.0335. The normalized spacial score (nSPS) is 14.4. The number of carbonyl (C=O) groups excluding carboxylic acids is 2. The first-order valence-electron chi connectivity index (χ1n) is 17.2. The Labute approximate surface area is 253 Å². The van der Waals surface area contributed by atoms with Crippen LogP contribution in [0.25, 0.3) is 0 Å². The number of aliphatic hydroxyl groups is 2. The van der Waals surface area contributed by atoms with Crippen molar-refractivity contribution in [3.63, 3.8) is 0 Å². The van der Waals surface area contributed by atoms with Gasteiger partial charge in [-0.1, -0.05) is 104 Å². The first-order chi connectivity index (χ1) is 19.7. The van der Waals surface area contributed by atoms with Gasteiger partial charge in [-0.3, -0.25) is 9.59 Å². The molecule has 0 aliphatic carbocycles. The van der Waals surface area contributed by atoms with Gasteiger partial charge in [0.25, 0.3) is 11.8 Å². The maximum absolute atomic E-state index is 12.7. The molecule has 4 N–H and O–H groups in total. The molecule has 0 saturated heterocycles. The molecule has 0 aromatic carbocycles. The zero-order chi connectivity index (χ0) is 30.7. The van der Waals surface area contributed by atoms with Gasteiger partial charge in [0.1, 0.15) is 13.1 Å². The first kappa shape index (κ1) is 39.8. The molecule has 0 spiro atoms. The zero-order valence-corrected chi connectivity index (χ0v) is 27.7. The van der Waals surface area contributed by atoms with Crippen molar-refractivity contribution in [3.8, 4) is 0 Å². The number of carbonyl (C=O) groups is 2. The Hall–Kier alpha value is -1.22. The van der Waals surface area contributed by atoms with E-state index < -0.39 is 0 Å². The molecular weight excluding hydrogens is 516 g/mol. The van der Waals surface area contributed by atoms with Crippen LogP contribution in [-0.4, -0.2) is 111 Å². The highest BCUT2D eigenvalue weighted by molar-refractivity contribution is 5.77. The van der Waals surface area contributed by atoms with E-state index in [2.05, 4.69) is 24.5 Å². The van der Waals surface area contributed by atoms with E-state index >= 15 is 0 Å². The molecule has 0 bridgehead atoms. The van der Waals surface area contributed by atoms with Crippen molar-refractivity contribution in [2.75, 3.05) is 79.7 Å². The summed E-state index contributed by atoms with van der Waals surface area (Å²) in [6.07, 6.45) is 20.7. The molecule has 0 fully saturated rings. The van der Waals surface area contributed by atoms with Gasteiger partial charge >= 0.3 is 0 Å². The second-order valence-electron chi connectivity index (χ2n) is 12.9. The molecule has 8 nitrogen and oxygen atoms in total. The van der Waals surface area contributed by atoms with E-state index in [1.807, 2.05) is 14.1 Å². The maximum Gasteiger partial charge on any atom is 0.275 e. The maximum atomic E-state index is 12.7. The molecule has 0 aliphatic rings. The van der Waals surface area contributed by atoms with Gasteiger partial charge in [0, 0.05) is 19.5 Å². The minimum Gasteiger partial charge on any atom is -0.391 e. The van der Waals surface area contributed by atoms with E-state index in [1.54, 1.807) is 0 Å². The van der Waals surface area contributed by atoms with Crippen molar-refractivity contribution in [3.05, 3.63) is 0 Å². The Bertz CT molecular complexity index is 584. The fraction of sp³-hybridized carbons (Fsp3) is 0.939. The zero-order valence-electron chi connectivity index (χ0n) is 27.7. The summed E-state index contributed by atoms with van der Waals surface area (Å²) in [6.45, 7) is 9.19. The molecule has 2 unspecified atom stereocenters. The van der Waals surface area contributed by atoms with Crippen LogP contribution in [-0.2, 0) is 9.59 Å². The quantitative estimate of drug-likeness (QED) is 0.0720. The second kappa shape index (κ2) is 26.4. The number of aliphatic hydroxyl groups excluding tert-OH is 2. The summed E-state index contributed by atoms with van der Waals surface area (Å²) < 4.78 is 0.951. The molecule has 0 radical (unpaired) electrons. The van der Waals surface area contributed by atoms with Crippen molar-refractivity contribution in [1.29, 1.82) is 0 Å². The molecule has 2 atom stereocenters. The molecule has 0 aliphatic heterocycles. The number of nitrogens with zero attached hydrogens (tertiary/aromatic N) is 2. The first-order valence-corrected chi connectivity index (χ1v) is 17.2. The van der Waals surface area contributed by atoms with Crippen LogP contribution in [0.1, 0.15) is 123 Å². The number of nitrogens with one attached hydrogen (secondary N) is 2. The van der Waals surface area contributed by atoms with Gasteiger partial charge in [0.2, 0.25) is 0 Å². The average Bonchev–Trinajstić information content (AvgIpc) is 2.91. The van der Waals surface area contributed by atoms with Crippen molar-refractivity contribution >= 4 is 11.8 Å². The molecule has 0 aromatic heterocycles. The Morgan fingerprint density at radius 3 is 1.12 bits per heavy atom. The summed E-state index contributed by atoms with van der Waals surface area (Å²) in [5.74, 6) is 0.0775. The number of hydrogen-bond acceptors (Lipinski definition) is 4. The fourth-order valence-electron chi connectivity index (χ4n) is 5.64. The third-order valence-corrected chi connectivity index (χ3v) is 8.43. The third kappa shape index (κ3) is 24.0. The van der Waals surface area contributed by atoms with Gasteiger partial charge in [0.15, 0.2) is 13.1 Å². The van der Waals surface area contributed by atoms with E-state index in [-0.39, 0.29) is 25.0 Å². The summed E-state index contributed by atoms with van der Waals surface area (Å²) in [5.41, 5.74) is 0. The van der Waals surface area contributed by atoms with E-state index in [0.717, 1.165) is 45.2 Å². The summed E-state index contributed by atoms with van der Waals surface area (Å²) in [4.78, 5) is 25.4. The summed E-state index contributed by atoms with van der Waals surface area (Å²) in [6, 6.07) is 0. The monoisotopic (exact) mass is 587 g/mol. The highest BCUT2D eigenvalue weighted by Crippen LogP contribution is 2.11. The fourth-order valence-corrected chi connectivity index (χ4v) is 5.64. The van der Waals surface area contributed by atoms with Gasteiger partial charge in [-0.05, 0) is 12.8 Å². The number of unbranched alkanes of at least 4 members (excludes halogenated alkanes) is 14. The Balaban J connectivity index is 4.38. The molecule has 0 aromatic rings. The molecule has 2 amide bonds. The van der Waals surface area contributed by atoms with Crippen LogP contribution < -0.4 is 10.6 Å². The van der Waals surface area contributed by atoms with Crippen LogP contribution in [0.3, 0.4) is 0 Å². The van der Waals surface area contributed by atoms with Crippen LogP contribution in [0, 0.1) is 0 Å².